The minimum absolute atomic E-state index is 0.160. The lowest BCUT2D eigenvalue weighted by Crippen LogP contribution is -2.41. The third-order valence-electron chi connectivity index (χ3n) is 4.25. The maximum Gasteiger partial charge on any atom is 0.219 e. The van der Waals surface area contributed by atoms with Crippen molar-refractivity contribution in [3.63, 3.8) is 0 Å². The Bertz CT molecular complexity index is 510. The maximum atomic E-state index is 11.4. The van der Waals surface area contributed by atoms with Gasteiger partial charge in [-0.05, 0) is 12.8 Å². The van der Waals surface area contributed by atoms with Crippen molar-refractivity contribution in [3.05, 3.63) is 12.4 Å². The summed E-state index contributed by atoms with van der Waals surface area (Å²) in [6.07, 6.45) is 5.46. The van der Waals surface area contributed by atoms with E-state index in [0.29, 0.717) is 6.04 Å². The number of hydrogen-bond acceptors (Lipinski definition) is 6. The highest BCUT2D eigenvalue weighted by Crippen LogP contribution is 2.18. The second kappa shape index (κ2) is 6.91. The van der Waals surface area contributed by atoms with Crippen LogP contribution >= 0.6 is 0 Å². The van der Waals surface area contributed by atoms with Crippen LogP contribution in [-0.4, -0.2) is 66.2 Å². The van der Waals surface area contributed by atoms with E-state index in [-0.39, 0.29) is 5.91 Å². The lowest BCUT2D eigenvalue weighted by atomic mass is 10.1. The molecule has 2 saturated heterocycles. The normalized spacial score (nSPS) is 20.0. The molecule has 3 heterocycles. The van der Waals surface area contributed by atoms with Crippen LogP contribution in [0, 0.1) is 0 Å². The van der Waals surface area contributed by atoms with Crippen molar-refractivity contribution in [2.24, 2.45) is 0 Å². The zero-order valence-corrected chi connectivity index (χ0v) is 13.0. The average molecular weight is 305 g/mol. The summed E-state index contributed by atoms with van der Waals surface area (Å²) in [4.78, 5) is 24.4. The topological polar surface area (TPSA) is 70.6 Å². The molecule has 0 aliphatic carbocycles. The number of carbonyl (C=O) groups is 1. The van der Waals surface area contributed by atoms with E-state index >= 15 is 0 Å². The van der Waals surface area contributed by atoms with Crippen LogP contribution in [0.15, 0.2) is 12.4 Å². The van der Waals surface area contributed by atoms with Crippen molar-refractivity contribution in [2.45, 2.75) is 25.8 Å². The van der Waals surface area contributed by atoms with Crippen LogP contribution in [0.25, 0.3) is 0 Å². The fourth-order valence-electron chi connectivity index (χ4n) is 2.92. The predicted molar refractivity (Wildman–Crippen MR) is 84.0 cm³/mol. The molecular formula is C15H23N5O2. The van der Waals surface area contributed by atoms with Crippen molar-refractivity contribution in [3.8, 4) is 0 Å². The zero-order chi connectivity index (χ0) is 15.4. The number of carbonyl (C=O) groups excluding carboxylic acids is 1. The number of likely N-dealkylation sites (tertiary alicyclic amines) is 1. The summed E-state index contributed by atoms with van der Waals surface area (Å²) < 4.78 is 5.36. The molecule has 7 heteroatoms. The van der Waals surface area contributed by atoms with Crippen LogP contribution < -0.4 is 10.2 Å². The van der Waals surface area contributed by atoms with Gasteiger partial charge in [0.05, 0.1) is 25.6 Å². The number of morpholine rings is 1. The molecule has 1 amide bonds. The van der Waals surface area contributed by atoms with Crippen molar-refractivity contribution in [1.29, 1.82) is 0 Å². The second-order valence-corrected chi connectivity index (χ2v) is 5.79. The third kappa shape index (κ3) is 3.65. The number of nitrogens with one attached hydrogen (secondary N) is 1. The number of ether oxygens (including phenoxy) is 1. The summed E-state index contributed by atoms with van der Waals surface area (Å²) >= 11 is 0. The molecule has 2 aliphatic heterocycles. The first kappa shape index (κ1) is 15.0. The third-order valence-corrected chi connectivity index (χ3v) is 4.25. The number of piperidine rings is 1. The molecule has 2 aliphatic rings. The average Bonchev–Trinajstić information content (AvgIpc) is 2.56. The minimum Gasteiger partial charge on any atom is -0.378 e. The van der Waals surface area contributed by atoms with Crippen molar-refractivity contribution < 1.29 is 9.53 Å². The van der Waals surface area contributed by atoms with Crippen LogP contribution in [-0.2, 0) is 9.53 Å². The Morgan fingerprint density at radius 1 is 1.23 bits per heavy atom. The molecule has 1 aromatic heterocycles. The standard InChI is InChI=1S/C15H23N5O2/c1-12(21)19-4-2-13(3-5-19)17-14-10-16-11-15(18-14)20-6-8-22-9-7-20/h10-11,13H,2-9H2,1H3,(H,17,18). The highest BCUT2D eigenvalue weighted by molar-refractivity contribution is 5.73. The van der Waals surface area contributed by atoms with E-state index in [1.165, 1.54) is 0 Å². The molecule has 0 radical (unpaired) electrons. The van der Waals surface area contributed by atoms with Crippen molar-refractivity contribution >= 4 is 17.5 Å². The molecule has 0 unspecified atom stereocenters. The zero-order valence-electron chi connectivity index (χ0n) is 13.0. The van der Waals surface area contributed by atoms with Crippen LogP contribution in [0.4, 0.5) is 11.6 Å². The molecule has 2 fully saturated rings. The van der Waals surface area contributed by atoms with E-state index in [2.05, 4.69) is 20.2 Å². The molecule has 0 atom stereocenters. The van der Waals surface area contributed by atoms with Gasteiger partial charge in [0, 0.05) is 39.1 Å². The van der Waals surface area contributed by atoms with Gasteiger partial charge in [0.1, 0.15) is 11.6 Å². The molecule has 7 nitrogen and oxygen atoms in total. The first-order chi connectivity index (χ1) is 10.7. The first-order valence-electron chi connectivity index (χ1n) is 7.89. The van der Waals surface area contributed by atoms with E-state index in [0.717, 1.165) is 63.9 Å². The Morgan fingerprint density at radius 2 is 1.95 bits per heavy atom. The molecule has 22 heavy (non-hydrogen) atoms. The fraction of sp³-hybridized carbons (Fsp3) is 0.667. The maximum absolute atomic E-state index is 11.4. The van der Waals surface area contributed by atoms with Crippen molar-refractivity contribution in [2.75, 3.05) is 49.6 Å². The lowest BCUT2D eigenvalue weighted by Gasteiger charge is -2.32. The van der Waals surface area contributed by atoms with Gasteiger partial charge in [0.15, 0.2) is 0 Å². The van der Waals surface area contributed by atoms with Gasteiger partial charge in [-0.2, -0.15) is 0 Å². The van der Waals surface area contributed by atoms with Gasteiger partial charge >= 0.3 is 0 Å². The Morgan fingerprint density at radius 3 is 2.64 bits per heavy atom. The van der Waals surface area contributed by atoms with Gasteiger partial charge in [0.2, 0.25) is 5.91 Å². The molecule has 0 bridgehead atoms. The van der Waals surface area contributed by atoms with E-state index < -0.39 is 0 Å². The van der Waals surface area contributed by atoms with Gasteiger partial charge in [-0.15, -0.1) is 0 Å². The number of rotatable bonds is 3. The summed E-state index contributed by atoms with van der Waals surface area (Å²) in [5.74, 6) is 1.87. The van der Waals surface area contributed by atoms with Gasteiger partial charge in [-0.1, -0.05) is 0 Å². The summed E-state index contributed by atoms with van der Waals surface area (Å²) in [7, 11) is 0. The summed E-state index contributed by atoms with van der Waals surface area (Å²) in [6, 6.07) is 0.352. The second-order valence-electron chi connectivity index (χ2n) is 5.79. The molecule has 0 spiro atoms. The highest BCUT2D eigenvalue weighted by atomic mass is 16.5. The molecular weight excluding hydrogens is 282 g/mol. The van der Waals surface area contributed by atoms with Crippen molar-refractivity contribution in [1.82, 2.24) is 14.9 Å². The number of nitrogens with zero attached hydrogens (tertiary/aromatic N) is 4. The highest BCUT2D eigenvalue weighted by Gasteiger charge is 2.21. The van der Waals surface area contributed by atoms with Crippen LogP contribution in [0.3, 0.4) is 0 Å². The SMILES string of the molecule is CC(=O)N1CCC(Nc2cncc(N3CCOCC3)n2)CC1. The Labute approximate surface area is 130 Å². The summed E-state index contributed by atoms with van der Waals surface area (Å²) in [5.41, 5.74) is 0. The van der Waals surface area contributed by atoms with E-state index in [9.17, 15) is 4.79 Å². The predicted octanol–water partition coefficient (Wildman–Crippen LogP) is 0.736. The van der Waals surface area contributed by atoms with Gasteiger partial charge < -0.3 is 19.9 Å². The quantitative estimate of drug-likeness (QED) is 0.888. The van der Waals surface area contributed by atoms with Gasteiger partial charge in [0.25, 0.3) is 0 Å². The molecule has 1 aromatic rings. The Hall–Kier alpha value is -1.89. The summed E-state index contributed by atoms with van der Waals surface area (Å²) in [5, 5.41) is 3.45. The fourth-order valence-corrected chi connectivity index (χ4v) is 2.92. The van der Waals surface area contributed by atoms with Crippen LogP contribution in [0.2, 0.25) is 0 Å². The monoisotopic (exact) mass is 305 g/mol. The smallest absolute Gasteiger partial charge is 0.219 e. The molecule has 120 valence electrons. The molecule has 1 N–H and O–H groups in total. The largest absolute Gasteiger partial charge is 0.378 e. The van der Waals surface area contributed by atoms with Crippen LogP contribution in [0.5, 0.6) is 0 Å². The molecule has 3 rings (SSSR count). The molecule has 0 aromatic carbocycles. The number of amides is 1. The Balaban J connectivity index is 1.58. The van der Waals surface area contributed by atoms with Gasteiger partial charge in [-0.3, -0.25) is 9.78 Å². The lowest BCUT2D eigenvalue weighted by molar-refractivity contribution is -0.129. The minimum atomic E-state index is 0.160. The van der Waals surface area contributed by atoms with E-state index in [1.807, 2.05) is 4.90 Å². The number of hydrogen-bond donors (Lipinski definition) is 1. The van der Waals surface area contributed by atoms with E-state index in [4.69, 9.17) is 4.74 Å². The van der Waals surface area contributed by atoms with E-state index in [1.54, 1.807) is 19.3 Å². The number of aromatic nitrogens is 2. The Kier molecular flexibility index (Phi) is 4.72. The van der Waals surface area contributed by atoms with Gasteiger partial charge in [-0.25, -0.2) is 4.98 Å². The first-order valence-corrected chi connectivity index (χ1v) is 7.89. The summed E-state index contributed by atoms with van der Waals surface area (Å²) in [6.45, 7) is 6.44. The van der Waals surface area contributed by atoms with Crippen LogP contribution in [0.1, 0.15) is 19.8 Å². The molecule has 0 saturated carbocycles. The number of anilines is 2.